The van der Waals surface area contributed by atoms with Gasteiger partial charge in [-0.25, -0.2) is 5.84 Å². The second-order valence-corrected chi connectivity index (χ2v) is 4.80. The van der Waals surface area contributed by atoms with Gasteiger partial charge in [0, 0.05) is 12.1 Å². The quantitative estimate of drug-likeness (QED) is 0.285. The molecule has 0 aromatic heterocycles. The summed E-state index contributed by atoms with van der Waals surface area (Å²) in [6.45, 7) is 7.76. The highest BCUT2D eigenvalue weighted by atomic mass is 16.3. The van der Waals surface area contributed by atoms with Gasteiger partial charge in [0.05, 0.1) is 5.56 Å². The molecule has 0 aliphatic carbocycles. The summed E-state index contributed by atoms with van der Waals surface area (Å²) in [7, 11) is 0. The fourth-order valence-electron chi connectivity index (χ4n) is 1.69. The summed E-state index contributed by atoms with van der Waals surface area (Å²) in [6, 6.07) is 3.07. The van der Waals surface area contributed by atoms with Crippen LogP contribution in [0.4, 0.5) is 0 Å². The third kappa shape index (κ3) is 3.13. The third-order valence-corrected chi connectivity index (χ3v) is 2.55. The van der Waals surface area contributed by atoms with Gasteiger partial charge in [0.25, 0.3) is 0 Å². The molecule has 1 rings (SSSR count). The van der Waals surface area contributed by atoms with Crippen molar-refractivity contribution in [3.63, 3.8) is 0 Å². The number of amidine groups is 1. The van der Waals surface area contributed by atoms with Crippen LogP contribution in [0, 0.1) is 0 Å². The Balaban J connectivity index is 3.35. The predicted molar refractivity (Wildman–Crippen MR) is 72.9 cm³/mol. The first-order valence-corrected chi connectivity index (χ1v) is 5.97. The molecule has 18 heavy (non-hydrogen) atoms. The molecule has 0 saturated carbocycles. The van der Waals surface area contributed by atoms with Crippen LogP contribution in [0.2, 0.25) is 0 Å². The largest absolute Gasteiger partial charge is 0.508 e. The average molecular weight is 251 g/mol. The molecule has 0 amide bonds. The summed E-state index contributed by atoms with van der Waals surface area (Å²) >= 11 is 0. The number of nitrogens with zero attached hydrogens (tertiary/aromatic N) is 1. The molecule has 0 radical (unpaired) electrons. The lowest BCUT2D eigenvalue weighted by Gasteiger charge is -2.14. The lowest BCUT2D eigenvalue weighted by Crippen LogP contribution is -2.32. The van der Waals surface area contributed by atoms with Crippen molar-refractivity contribution in [2.45, 2.75) is 39.7 Å². The Morgan fingerprint density at radius 3 is 2.22 bits per heavy atom. The van der Waals surface area contributed by atoms with E-state index < -0.39 is 0 Å². The molecule has 0 unspecified atom stereocenters. The molecule has 5 heteroatoms. The Morgan fingerprint density at radius 1 is 1.17 bits per heavy atom. The van der Waals surface area contributed by atoms with E-state index in [0.29, 0.717) is 11.4 Å². The lowest BCUT2D eigenvalue weighted by molar-refractivity contribution is 0.443. The van der Waals surface area contributed by atoms with Gasteiger partial charge in [-0.3, -0.25) is 4.99 Å². The number of rotatable bonds is 3. The zero-order valence-corrected chi connectivity index (χ0v) is 11.2. The third-order valence-electron chi connectivity index (χ3n) is 2.55. The van der Waals surface area contributed by atoms with E-state index >= 15 is 0 Å². The Morgan fingerprint density at radius 2 is 1.78 bits per heavy atom. The lowest BCUT2D eigenvalue weighted by atomic mass is 9.98. The van der Waals surface area contributed by atoms with Crippen molar-refractivity contribution in [3.05, 3.63) is 23.3 Å². The summed E-state index contributed by atoms with van der Waals surface area (Å²) < 4.78 is 0. The molecule has 100 valence electrons. The molecule has 0 fully saturated rings. The molecule has 5 N–H and O–H groups in total. The number of aliphatic imine (C=N–C) groups is 1. The van der Waals surface area contributed by atoms with E-state index in [0.717, 1.165) is 5.56 Å². The van der Waals surface area contributed by atoms with Crippen LogP contribution in [-0.2, 0) is 0 Å². The normalized spacial score (nSPS) is 12.3. The molecule has 0 heterocycles. The molecule has 0 spiro atoms. The van der Waals surface area contributed by atoms with Crippen molar-refractivity contribution in [1.29, 1.82) is 0 Å². The topological polar surface area (TPSA) is 90.9 Å². The van der Waals surface area contributed by atoms with E-state index in [9.17, 15) is 10.2 Å². The SMILES string of the molecule is CC(C)N=C(NN)c1cc(C(C)C)c(O)cc1O. The van der Waals surface area contributed by atoms with Crippen LogP contribution in [0.3, 0.4) is 0 Å². The monoisotopic (exact) mass is 251 g/mol. The smallest absolute Gasteiger partial charge is 0.146 e. The number of nitrogens with two attached hydrogens (primary N) is 1. The molecule has 1 aromatic rings. The molecule has 1 aromatic carbocycles. The fraction of sp³-hybridized carbons (Fsp3) is 0.462. The van der Waals surface area contributed by atoms with Crippen LogP contribution >= 0.6 is 0 Å². The summed E-state index contributed by atoms with van der Waals surface area (Å²) in [6.07, 6.45) is 0. The van der Waals surface area contributed by atoms with E-state index in [-0.39, 0.29) is 23.5 Å². The molecule has 0 bridgehead atoms. The summed E-state index contributed by atoms with van der Waals surface area (Å²) in [5.41, 5.74) is 3.72. The van der Waals surface area contributed by atoms with Crippen molar-refractivity contribution < 1.29 is 10.2 Å². The van der Waals surface area contributed by atoms with Gasteiger partial charge >= 0.3 is 0 Å². The molecule has 0 aliphatic heterocycles. The number of nitrogens with one attached hydrogen (secondary N) is 1. The van der Waals surface area contributed by atoms with E-state index in [1.807, 2.05) is 27.7 Å². The zero-order valence-electron chi connectivity index (χ0n) is 11.2. The Kier molecular flexibility index (Phi) is 4.55. The highest BCUT2D eigenvalue weighted by Gasteiger charge is 2.15. The van der Waals surface area contributed by atoms with E-state index in [2.05, 4.69) is 10.4 Å². The predicted octanol–water partition coefficient (Wildman–Crippen LogP) is 1.84. The number of hydrogen-bond donors (Lipinski definition) is 4. The molecule has 0 atom stereocenters. The van der Waals surface area contributed by atoms with Gasteiger partial charge in [0.2, 0.25) is 0 Å². The van der Waals surface area contributed by atoms with Crippen LogP contribution in [0.1, 0.15) is 44.7 Å². The van der Waals surface area contributed by atoms with Gasteiger partial charge in [0.15, 0.2) is 0 Å². The molecule has 5 nitrogen and oxygen atoms in total. The van der Waals surface area contributed by atoms with Crippen LogP contribution in [0.15, 0.2) is 17.1 Å². The average Bonchev–Trinajstić information content (AvgIpc) is 2.25. The van der Waals surface area contributed by atoms with Crippen molar-refractivity contribution in [2.24, 2.45) is 10.8 Å². The van der Waals surface area contributed by atoms with E-state index in [1.165, 1.54) is 6.07 Å². The van der Waals surface area contributed by atoms with Crippen LogP contribution in [0.5, 0.6) is 11.5 Å². The zero-order chi connectivity index (χ0) is 13.9. The standard InChI is InChI=1S/C13H21N3O2/c1-7(2)9-5-10(12(18)6-11(9)17)13(16-14)15-8(3)4/h5-8,17-18H,14H2,1-4H3,(H,15,16). The number of benzene rings is 1. The molecule has 0 aliphatic rings. The maximum absolute atomic E-state index is 9.88. The number of hydrazine groups is 1. The summed E-state index contributed by atoms with van der Waals surface area (Å²) in [4.78, 5) is 4.30. The first kappa shape index (κ1) is 14.3. The van der Waals surface area contributed by atoms with Gasteiger partial charge in [-0.2, -0.15) is 0 Å². The number of aromatic hydroxyl groups is 2. The maximum Gasteiger partial charge on any atom is 0.146 e. The summed E-state index contributed by atoms with van der Waals surface area (Å²) in [5, 5.41) is 19.6. The molecular weight excluding hydrogens is 230 g/mol. The second kappa shape index (κ2) is 5.73. The van der Waals surface area contributed by atoms with Gasteiger partial charge in [0.1, 0.15) is 17.3 Å². The van der Waals surface area contributed by atoms with Crippen molar-refractivity contribution in [1.82, 2.24) is 5.43 Å². The Labute approximate surface area is 107 Å². The fourth-order valence-corrected chi connectivity index (χ4v) is 1.69. The summed E-state index contributed by atoms with van der Waals surface area (Å²) in [5.74, 6) is 6.01. The van der Waals surface area contributed by atoms with Crippen molar-refractivity contribution in [2.75, 3.05) is 0 Å². The van der Waals surface area contributed by atoms with Gasteiger partial charge in [-0.05, 0) is 31.4 Å². The van der Waals surface area contributed by atoms with Crippen LogP contribution in [-0.4, -0.2) is 22.1 Å². The minimum atomic E-state index is -0.0470. The van der Waals surface area contributed by atoms with E-state index in [1.54, 1.807) is 6.07 Å². The number of phenolic OH excluding ortho intramolecular Hbond substituents is 2. The Bertz CT molecular complexity index is 454. The van der Waals surface area contributed by atoms with Crippen molar-refractivity contribution >= 4 is 5.84 Å². The van der Waals surface area contributed by atoms with Crippen LogP contribution < -0.4 is 11.3 Å². The van der Waals surface area contributed by atoms with Gasteiger partial charge < -0.3 is 15.6 Å². The first-order chi connectivity index (χ1) is 8.36. The second-order valence-electron chi connectivity index (χ2n) is 4.80. The Hall–Kier alpha value is -1.75. The minimum Gasteiger partial charge on any atom is -0.508 e. The molecular formula is C13H21N3O2. The number of phenols is 2. The minimum absolute atomic E-state index is 0.0470. The highest BCUT2D eigenvalue weighted by Crippen LogP contribution is 2.32. The maximum atomic E-state index is 9.88. The first-order valence-electron chi connectivity index (χ1n) is 5.97. The van der Waals surface area contributed by atoms with Gasteiger partial charge in [-0.1, -0.05) is 13.8 Å². The number of hydrogen-bond acceptors (Lipinski definition) is 4. The van der Waals surface area contributed by atoms with Crippen molar-refractivity contribution in [3.8, 4) is 11.5 Å². The highest BCUT2D eigenvalue weighted by molar-refractivity contribution is 6.01. The van der Waals surface area contributed by atoms with E-state index in [4.69, 9.17) is 5.84 Å². The molecule has 0 saturated heterocycles. The van der Waals surface area contributed by atoms with Gasteiger partial charge in [-0.15, -0.1) is 0 Å². The van der Waals surface area contributed by atoms with Crippen LogP contribution in [0.25, 0.3) is 0 Å².